The quantitative estimate of drug-likeness (QED) is 0.411. The number of esters is 1. The average molecular weight is 377 g/mol. The summed E-state index contributed by atoms with van der Waals surface area (Å²) in [5, 5.41) is 0. The van der Waals surface area contributed by atoms with E-state index in [4.69, 9.17) is 9.15 Å². The van der Waals surface area contributed by atoms with E-state index in [1.807, 2.05) is 0 Å². The van der Waals surface area contributed by atoms with Crippen molar-refractivity contribution in [3.63, 3.8) is 0 Å². The van der Waals surface area contributed by atoms with Crippen LogP contribution in [-0.2, 0) is 11.2 Å². The Morgan fingerprint density at radius 1 is 1.19 bits per heavy atom. The summed E-state index contributed by atoms with van der Waals surface area (Å²) >= 11 is 0. The maximum Gasteiger partial charge on any atom is 0.350 e. The van der Waals surface area contributed by atoms with Gasteiger partial charge in [-0.05, 0) is 44.2 Å². The summed E-state index contributed by atoms with van der Waals surface area (Å²) in [6.07, 6.45) is 10.0. The van der Waals surface area contributed by atoms with Gasteiger partial charge in [-0.1, -0.05) is 19.8 Å². The zero-order valence-electron chi connectivity index (χ0n) is 16.9. The molecule has 0 aromatic carbocycles. The Morgan fingerprint density at radius 2 is 2.00 bits per heavy atom. The normalized spacial score (nSPS) is 27.8. The maximum absolute atomic E-state index is 12.4. The molecule has 2 saturated heterocycles. The predicted octanol–water partition coefficient (Wildman–Crippen LogP) is 3.94. The Bertz CT molecular complexity index is 694. The highest BCUT2D eigenvalue weighted by molar-refractivity contribution is 5.88. The number of quaternary nitrogens is 1. The van der Waals surface area contributed by atoms with Gasteiger partial charge in [-0.15, -0.1) is 0 Å². The zero-order chi connectivity index (χ0) is 19.3. The number of unbranched alkanes of at least 4 members (excludes halogenated alkanes) is 2. The van der Waals surface area contributed by atoms with Crippen LogP contribution in [0.3, 0.4) is 0 Å². The van der Waals surface area contributed by atoms with Crippen LogP contribution in [0.5, 0.6) is 0 Å². The summed E-state index contributed by atoms with van der Waals surface area (Å²) in [5.41, 5.74) is -0.554. The van der Waals surface area contributed by atoms with Crippen LogP contribution in [0.25, 0.3) is 0 Å². The lowest BCUT2D eigenvalue weighted by molar-refractivity contribution is -0.947. The predicted molar refractivity (Wildman–Crippen MR) is 105 cm³/mol. The number of carbonyl (C=O) groups excluding carboxylic acids is 1. The number of rotatable bonds is 7. The Balaban J connectivity index is 1.58. The van der Waals surface area contributed by atoms with Crippen LogP contribution in [0.2, 0.25) is 0 Å². The second-order valence-corrected chi connectivity index (χ2v) is 8.55. The lowest BCUT2D eigenvalue weighted by Gasteiger charge is -2.51. The van der Waals surface area contributed by atoms with Gasteiger partial charge in [-0.25, -0.2) is 9.59 Å². The number of nitrogens with zero attached hydrogens (tertiary/aromatic N) is 1. The van der Waals surface area contributed by atoms with Gasteiger partial charge in [0.25, 0.3) is 0 Å². The van der Waals surface area contributed by atoms with E-state index in [1.54, 1.807) is 12.1 Å². The summed E-state index contributed by atoms with van der Waals surface area (Å²) in [6, 6.07) is 3.89. The van der Waals surface area contributed by atoms with Gasteiger partial charge in [0.2, 0.25) is 0 Å². The summed E-state index contributed by atoms with van der Waals surface area (Å²) in [7, 11) is 2.35. The van der Waals surface area contributed by atoms with E-state index >= 15 is 0 Å². The van der Waals surface area contributed by atoms with E-state index < -0.39 is 11.6 Å². The van der Waals surface area contributed by atoms with Crippen molar-refractivity contribution in [3.05, 3.63) is 33.9 Å². The molecular formula is C22H34NO4+. The monoisotopic (exact) mass is 376 g/mol. The van der Waals surface area contributed by atoms with E-state index in [1.165, 1.54) is 38.8 Å². The lowest BCUT2D eigenvalue weighted by Crippen LogP contribution is -2.61. The van der Waals surface area contributed by atoms with Gasteiger partial charge in [0.15, 0.2) is 0 Å². The van der Waals surface area contributed by atoms with Crippen LogP contribution in [0, 0.1) is 5.92 Å². The second kappa shape index (κ2) is 9.05. The molecule has 2 fully saturated rings. The van der Waals surface area contributed by atoms with Crippen molar-refractivity contribution in [3.8, 4) is 0 Å². The van der Waals surface area contributed by atoms with Gasteiger partial charge in [-0.3, -0.25) is 0 Å². The highest BCUT2D eigenvalue weighted by atomic mass is 16.5. The fourth-order valence-corrected chi connectivity index (χ4v) is 4.98. The van der Waals surface area contributed by atoms with E-state index in [9.17, 15) is 9.59 Å². The number of piperidine rings is 2. The molecule has 1 aromatic heterocycles. The molecule has 0 amide bonds. The van der Waals surface area contributed by atoms with Crippen LogP contribution in [0.1, 0.15) is 74.4 Å². The van der Waals surface area contributed by atoms with Crippen molar-refractivity contribution in [2.75, 3.05) is 26.7 Å². The number of aryl methyl sites for hydroxylation is 1. The van der Waals surface area contributed by atoms with Crippen molar-refractivity contribution < 1.29 is 18.4 Å². The van der Waals surface area contributed by atoms with Crippen LogP contribution in [0.15, 0.2) is 21.3 Å². The first-order chi connectivity index (χ1) is 13.0. The van der Waals surface area contributed by atoms with Gasteiger partial charge in [0, 0.05) is 18.8 Å². The van der Waals surface area contributed by atoms with Crippen molar-refractivity contribution in [2.45, 2.75) is 70.8 Å². The summed E-state index contributed by atoms with van der Waals surface area (Å²) in [6.45, 7) is 5.02. The molecule has 150 valence electrons. The molecule has 27 heavy (non-hydrogen) atoms. The summed E-state index contributed by atoms with van der Waals surface area (Å²) in [4.78, 5) is 24.6. The molecule has 0 radical (unpaired) electrons. The average Bonchev–Trinajstić information content (AvgIpc) is 2.66. The molecule has 0 spiro atoms. The van der Waals surface area contributed by atoms with Gasteiger partial charge >= 0.3 is 11.6 Å². The molecule has 3 heterocycles. The molecule has 2 aliphatic rings. The molecular weight excluding hydrogens is 342 g/mol. The maximum atomic E-state index is 12.4. The minimum atomic E-state index is -0.573. The highest BCUT2D eigenvalue weighted by Gasteiger charge is 2.43. The Labute approximate surface area is 162 Å². The lowest BCUT2D eigenvalue weighted by atomic mass is 9.82. The largest absolute Gasteiger partial charge is 0.461 e. The van der Waals surface area contributed by atoms with Crippen LogP contribution >= 0.6 is 0 Å². The molecule has 0 saturated carbocycles. The third-order valence-corrected chi connectivity index (χ3v) is 6.56. The first-order valence-corrected chi connectivity index (χ1v) is 10.7. The minimum absolute atomic E-state index is 0.0194. The molecule has 5 nitrogen and oxygen atoms in total. The number of fused-ring (bicyclic) bond motifs is 1. The van der Waals surface area contributed by atoms with Gasteiger partial charge < -0.3 is 13.6 Å². The van der Waals surface area contributed by atoms with Crippen LogP contribution < -0.4 is 5.63 Å². The Hall–Kier alpha value is -1.62. The zero-order valence-corrected chi connectivity index (χ0v) is 16.9. The van der Waals surface area contributed by atoms with Crippen molar-refractivity contribution in [2.24, 2.45) is 5.92 Å². The summed E-state index contributed by atoms with van der Waals surface area (Å²) < 4.78 is 12.0. The van der Waals surface area contributed by atoms with Crippen LogP contribution in [-0.4, -0.2) is 43.2 Å². The van der Waals surface area contributed by atoms with Gasteiger partial charge in [0.05, 0.1) is 26.2 Å². The van der Waals surface area contributed by atoms with Gasteiger partial charge in [-0.2, -0.15) is 0 Å². The molecule has 3 unspecified atom stereocenters. The SMILES string of the molecule is CCCCCc1ccc(C(=O)OCC2CCC[N+]3(C)CCCCC23)c(=O)o1. The molecule has 5 heteroatoms. The van der Waals surface area contributed by atoms with Gasteiger partial charge in [0.1, 0.15) is 17.9 Å². The number of hydrogen-bond acceptors (Lipinski definition) is 4. The molecule has 0 aliphatic carbocycles. The smallest absolute Gasteiger partial charge is 0.350 e. The first kappa shape index (κ1) is 20.1. The standard InChI is InChI=1S/C22H34NO4/c1-3-4-5-10-18-12-13-19(22(25)27-18)21(24)26-16-17-9-8-15-23(2)14-7-6-11-20(17)23/h12-13,17,20H,3-11,14-16H2,1-2H3/q+1. The van der Waals surface area contributed by atoms with E-state index in [-0.39, 0.29) is 5.56 Å². The topological polar surface area (TPSA) is 56.5 Å². The second-order valence-electron chi connectivity index (χ2n) is 8.55. The highest BCUT2D eigenvalue weighted by Crippen LogP contribution is 2.36. The summed E-state index contributed by atoms with van der Waals surface area (Å²) in [5.74, 6) is 0.500. The van der Waals surface area contributed by atoms with Crippen molar-refractivity contribution >= 4 is 5.97 Å². The number of hydrogen-bond donors (Lipinski definition) is 0. The van der Waals surface area contributed by atoms with Crippen molar-refractivity contribution in [1.29, 1.82) is 0 Å². The first-order valence-electron chi connectivity index (χ1n) is 10.7. The van der Waals surface area contributed by atoms with E-state index in [0.717, 1.165) is 36.6 Å². The molecule has 3 atom stereocenters. The molecule has 0 N–H and O–H groups in total. The molecule has 3 rings (SSSR count). The van der Waals surface area contributed by atoms with Crippen molar-refractivity contribution in [1.82, 2.24) is 0 Å². The minimum Gasteiger partial charge on any atom is -0.461 e. The third kappa shape index (κ3) is 4.81. The van der Waals surface area contributed by atoms with Crippen LogP contribution in [0.4, 0.5) is 0 Å². The third-order valence-electron chi connectivity index (χ3n) is 6.56. The number of carbonyl (C=O) groups is 1. The molecule has 1 aromatic rings. The fourth-order valence-electron chi connectivity index (χ4n) is 4.98. The Morgan fingerprint density at radius 3 is 2.78 bits per heavy atom. The Kier molecular flexibility index (Phi) is 6.74. The van der Waals surface area contributed by atoms with E-state index in [0.29, 0.717) is 24.3 Å². The molecule has 2 aliphatic heterocycles. The fraction of sp³-hybridized carbons (Fsp3) is 0.727. The molecule has 0 bridgehead atoms. The number of ether oxygens (including phenoxy) is 1. The van der Waals surface area contributed by atoms with E-state index in [2.05, 4.69) is 14.0 Å².